The van der Waals surface area contributed by atoms with Crippen LogP contribution in [-0.4, -0.2) is 30.5 Å². The second-order valence-corrected chi connectivity index (χ2v) is 6.47. The largest absolute Gasteiger partial charge is 0.496 e. The molecule has 0 fully saturated rings. The van der Waals surface area contributed by atoms with Crippen LogP contribution in [0, 0.1) is 10.1 Å². The number of non-ortho nitro benzene ring substituents is 1. The Balaban J connectivity index is 1.98. The number of carbonyl (C=O) groups excluding carboxylic acids is 2. The van der Waals surface area contributed by atoms with Crippen molar-refractivity contribution in [1.29, 1.82) is 0 Å². The maximum atomic E-state index is 12.2. The lowest BCUT2D eigenvalue weighted by atomic mass is 10.1. The number of methoxy groups -OCH3 is 1. The van der Waals surface area contributed by atoms with Crippen molar-refractivity contribution in [3.05, 3.63) is 68.2 Å². The molecule has 0 radical (unpaired) electrons. The van der Waals surface area contributed by atoms with Gasteiger partial charge >= 0.3 is 5.97 Å². The summed E-state index contributed by atoms with van der Waals surface area (Å²) in [5, 5.41) is 13.6. The molecule has 0 aliphatic heterocycles. The monoisotopic (exact) mass is 436 g/mol. The molecule has 0 heterocycles. The zero-order valence-electron chi connectivity index (χ0n) is 14.6. The fourth-order valence-corrected chi connectivity index (χ4v) is 2.56. The van der Waals surface area contributed by atoms with Crippen LogP contribution in [-0.2, 0) is 9.53 Å². The molecule has 0 spiro atoms. The Morgan fingerprint density at radius 2 is 1.89 bits per heavy atom. The van der Waals surface area contributed by atoms with Gasteiger partial charge in [0, 0.05) is 16.6 Å². The molecule has 2 aromatic rings. The topological polar surface area (TPSA) is 108 Å². The minimum Gasteiger partial charge on any atom is -0.496 e. The first-order chi connectivity index (χ1) is 12.8. The number of nitro groups is 1. The number of benzene rings is 2. The Morgan fingerprint density at radius 3 is 2.48 bits per heavy atom. The third-order valence-corrected chi connectivity index (χ3v) is 4.22. The standard InChI is InChI=1S/C18H17BrN2O6/c1-11(12-3-5-13(19)6-4-12)20-17(22)10-27-18(23)15-9-14(21(24)25)7-8-16(15)26-2/h3-9,11H,10H2,1-2H3,(H,20,22). The Hall–Kier alpha value is -2.94. The second-order valence-electron chi connectivity index (χ2n) is 5.56. The zero-order chi connectivity index (χ0) is 20.0. The van der Waals surface area contributed by atoms with E-state index >= 15 is 0 Å². The van der Waals surface area contributed by atoms with Gasteiger partial charge in [0.1, 0.15) is 11.3 Å². The molecule has 2 aromatic carbocycles. The Labute approximate surface area is 163 Å². The van der Waals surface area contributed by atoms with E-state index in [0.29, 0.717) is 0 Å². The van der Waals surface area contributed by atoms with Gasteiger partial charge in [0.05, 0.1) is 18.1 Å². The van der Waals surface area contributed by atoms with Crippen LogP contribution in [0.15, 0.2) is 46.9 Å². The molecule has 1 N–H and O–H groups in total. The number of ether oxygens (including phenoxy) is 2. The lowest BCUT2D eigenvalue weighted by Gasteiger charge is -2.15. The second kappa shape index (κ2) is 9.13. The molecule has 27 heavy (non-hydrogen) atoms. The van der Waals surface area contributed by atoms with Gasteiger partial charge in [0.25, 0.3) is 11.6 Å². The third kappa shape index (κ3) is 5.52. The maximum absolute atomic E-state index is 12.2. The van der Waals surface area contributed by atoms with Crippen molar-refractivity contribution in [2.75, 3.05) is 13.7 Å². The molecule has 0 aliphatic rings. The van der Waals surface area contributed by atoms with Crippen LogP contribution >= 0.6 is 15.9 Å². The predicted octanol–water partition coefficient (Wildman–Crippen LogP) is 3.40. The van der Waals surface area contributed by atoms with Crippen LogP contribution in [0.25, 0.3) is 0 Å². The van der Waals surface area contributed by atoms with Gasteiger partial charge in [-0.05, 0) is 30.7 Å². The van der Waals surface area contributed by atoms with E-state index in [-0.39, 0.29) is 23.0 Å². The average Bonchev–Trinajstić information content (AvgIpc) is 2.65. The average molecular weight is 437 g/mol. The van der Waals surface area contributed by atoms with Crippen molar-refractivity contribution >= 4 is 33.5 Å². The maximum Gasteiger partial charge on any atom is 0.342 e. The van der Waals surface area contributed by atoms with Crippen LogP contribution in [0.3, 0.4) is 0 Å². The van der Waals surface area contributed by atoms with Crippen LogP contribution < -0.4 is 10.1 Å². The molecule has 0 bridgehead atoms. The van der Waals surface area contributed by atoms with Crippen molar-refractivity contribution in [1.82, 2.24) is 5.32 Å². The Kier molecular flexibility index (Phi) is 6.89. The number of hydrogen-bond acceptors (Lipinski definition) is 6. The van der Waals surface area contributed by atoms with Gasteiger partial charge in [0.15, 0.2) is 6.61 Å². The lowest BCUT2D eigenvalue weighted by molar-refractivity contribution is -0.384. The van der Waals surface area contributed by atoms with E-state index in [1.807, 2.05) is 24.3 Å². The number of amides is 1. The number of nitrogens with one attached hydrogen (secondary N) is 1. The van der Waals surface area contributed by atoms with Gasteiger partial charge in [-0.25, -0.2) is 4.79 Å². The Morgan fingerprint density at radius 1 is 1.22 bits per heavy atom. The van der Waals surface area contributed by atoms with E-state index in [1.165, 1.54) is 19.2 Å². The highest BCUT2D eigenvalue weighted by Gasteiger charge is 2.20. The number of carbonyl (C=O) groups is 2. The molecule has 0 aliphatic carbocycles. The molecule has 2 rings (SSSR count). The summed E-state index contributed by atoms with van der Waals surface area (Å²) in [7, 11) is 1.32. The number of nitro benzene ring substituents is 1. The molecule has 0 saturated heterocycles. The first-order valence-corrected chi connectivity index (χ1v) is 8.65. The number of hydrogen-bond donors (Lipinski definition) is 1. The van der Waals surface area contributed by atoms with E-state index in [2.05, 4.69) is 21.2 Å². The van der Waals surface area contributed by atoms with Crippen LogP contribution in [0.5, 0.6) is 5.75 Å². The van der Waals surface area contributed by atoms with Crippen LogP contribution in [0.1, 0.15) is 28.9 Å². The van der Waals surface area contributed by atoms with Gasteiger partial charge in [-0.1, -0.05) is 28.1 Å². The van der Waals surface area contributed by atoms with Crippen molar-refractivity contribution < 1.29 is 24.0 Å². The molecule has 1 amide bonds. The summed E-state index contributed by atoms with van der Waals surface area (Å²) in [5.41, 5.74) is 0.481. The predicted molar refractivity (Wildman–Crippen MR) is 101 cm³/mol. The summed E-state index contributed by atoms with van der Waals surface area (Å²) < 4.78 is 10.9. The van der Waals surface area contributed by atoms with Gasteiger partial charge in [-0.2, -0.15) is 0 Å². The van der Waals surface area contributed by atoms with E-state index in [9.17, 15) is 19.7 Å². The summed E-state index contributed by atoms with van der Waals surface area (Å²) in [6.07, 6.45) is 0. The van der Waals surface area contributed by atoms with Gasteiger partial charge < -0.3 is 14.8 Å². The normalized spacial score (nSPS) is 11.4. The van der Waals surface area contributed by atoms with Crippen molar-refractivity contribution in [3.8, 4) is 5.75 Å². The van der Waals surface area contributed by atoms with E-state index < -0.39 is 23.4 Å². The van der Waals surface area contributed by atoms with Gasteiger partial charge in [-0.15, -0.1) is 0 Å². The molecule has 9 heteroatoms. The molecule has 0 saturated carbocycles. The quantitative estimate of drug-likeness (QED) is 0.404. The molecular formula is C18H17BrN2O6. The molecule has 0 aromatic heterocycles. The third-order valence-electron chi connectivity index (χ3n) is 3.70. The molecule has 8 nitrogen and oxygen atoms in total. The SMILES string of the molecule is COc1ccc([N+](=O)[O-])cc1C(=O)OCC(=O)NC(C)c1ccc(Br)cc1. The molecular weight excluding hydrogens is 420 g/mol. The van der Waals surface area contributed by atoms with Crippen molar-refractivity contribution in [3.63, 3.8) is 0 Å². The highest BCUT2D eigenvalue weighted by molar-refractivity contribution is 9.10. The Bertz CT molecular complexity index is 853. The summed E-state index contributed by atoms with van der Waals surface area (Å²) in [6, 6.07) is 10.7. The molecule has 142 valence electrons. The zero-order valence-corrected chi connectivity index (χ0v) is 16.2. The van der Waals surface area contributed by atoms with Crippen LogP contribution in [0.2, 0.25) is 0 Å². The minimum atomic E-state index is -0.887. The van der Waals surface area contributed by atoms with E-state index in [4.69, 9.17) is 9.47 Å². The smallest absolute Gasteiger partial charge is 0.342 e. The number of nitrogens with zero attached hydrogens (tertiary/aromatic N) is 1. The molecule has 1 unspecified atom stereocenters. The highest BCUT2D eigenvalue weighted by Crippen LogP contribution is 2.24. The summed E-state index contributed by atoms with van der Waals surface area (Å²) in [5.74, 6) is -1.26. The number of halogens is 1. The van der Waals surface area contributed by atoms with Crippen molar-refractivity contribution in [2.45, 2.75) is 13.0 Å². The van der Waals surface area contributed by atoms with Crippen LogP contribution in [0.4, 0.5) is 5.69 Å². The van der Waals surface area contributed by atoms with Gasteiger partial charge in [-0.3, -0.25) is 14.9 Å². The fourth-order valence-electron chi connectivity index (χ4n) is 2.30. The summed E-state index contributed by atoms with van der Waals surface area (Å²) >= 11 is 3.34. The first-order valence-electron chi connectivity index (χ1n) is 7.86. The van der Waals surface area contributed by atoms with Gasteiger partial charge in [0.2, 0.25) is 0 Å². The van der Waals surface area contributed by atoms with Crippen molar-refractivity contribution in [2.24, 2.45) is 0 Å². The highest BCUT2D eigenvalue weighted by atomic mass is 79.9. The summed E-state index contributed by atoms with van der Waals surface area (Å²) in [4.78, 5) is 34.4. The molecule has 1 atom stereocenters. The number of rotatable bonds is 7. The summed E-state index contributed by atoms with van der Waals surface area (Å²) in [6.45, 7) is 1.28. The number of esters is 1. The first kappa shape index (κ1) is 20.4. The minimum absolute atomic E-state index is 0.120. The van der Waals surface area contributed by atoms with E-state index in [1.54, 1.807) is 6.92 Å². The van der Waals surface area contributed by atoms with E-state index in [0.717, 1.165) is 16.1 Å². The lowest BCUT2D eigenvalue weighted by Crippen LogP contribution is -2.31. The fraction of sp³-hybridized carbons (Fsp3) is 0.222.